The van der Waals surface area contributed by atoms with Gasteiger partial charge in [-0.2, -0.15) is 10.1 Å². The van der Waals surface area contributed by atoms with Crippen LogP contribution < -0.4 is 5.32 Å². The van der Waals surface area contributed by atoms with E-state index in [0.717, 1.165) is 16.1 Å². The molecule has 0 aliphatic rings. The molecule has 1 N–H and O–H groups in total. The third kappa shape index (κ3) is 3.24. The summed E-state index contributed by atoms with van der Waals surface area (Å²) >= 11 is 1.58. The maximum absolute atomic E-state index is 12.7. The number of aromatic nitrogens is 7. The van der Waals surface area contributed by atoms with Gasteiger partial charge in [-0.1, -0.05) is 11.2 Å². The molecule has 0 aliphatic heterocycles. The first-order valence-electron chi connectivity index (χ1n) is 9.09. The molecule has 10 nitrogen and oxygen atoms in total. The molecule has 150 valence electrons. The average molecular weight is 420 g/mol. The largest absolute Gasteiger partial charge is 0.343 e. The summed E-state index contributed by atoms with van der Waals surface area (Å²) < 4.78 is 8.56. The van der Waals surface area contributed by atoms with Crippen LogP contribution in [-0.2, 0) is 13.6 Å². The van der Waals surface area contributed by atoms with E-state index in [0.29, 0.717) is 28.9 Å². The molecule has 30 heavy (non-hydrogen) atoms. The molecule has 0 atom stereocenters. The number of rotatable bonds is 5. The highest BCUT2D eigenvalue weighted by Crippen LogP contribution is 2.24. The molecule has 5 aromatic heterocycles. The first-order chi connectivity index (χ1) is 14.6. The molecule has 1 amide bonds. The summed E-state index contributed by atoms with van der Waals surface area (Å²) in [6.45, 7) is 1.98. The molecule has 0 saturated heterocycles. The van der Waals surface area contributed by atoms with Gasteiger partial charge < -0.3 is 9.84 Å². The lowest BCUT2D eigenvalue weighted by Gasteiger charge is -2.04. The summed E-state index contributed by atoms with van der Waals surface area (Å²) in [6, 6.07) is 9.35. The fraction of sp³-hybridized carbons (Fsp3) is 0.158. The Morgan fingerprint density at radius 3 is 2.93 bits per heavy atom. The van der Waals surface area contributed by atoms with Crippen LogP contribution in [0, 0.1) is 6.92 Å². The van der Waals surface area contributed by atoms with E-state index in [-0.39, 0.29) is 12.5 Å². The van der Waals surface area contributed by atoms with Crippen LogP contribution in [0.25, 0.3) is 27.7 Å². The monoisotopic (exact) mass is 420 g/mol. The summed E-state index contributed by atoms with van der Waals surface area (Å²) in [6.07, 6.45) is 1.81. The zero-order valence-electron chi connectivity index (χ0n) is 16.1. The first kappa shape index (κ1) is 18.2. The molecule has 0 radical (unpaired) electrons. The topological polar surface area (TPSA) is 116 Å². The minimum absolute atomic E-state index is 0.221. The van der Waals surface area contributed by atoms with Crippen LogP contribution in [0.4, 0.5) is 0 Å². The van der Waals surface area contributed by atoms with Crippen LogP contribution in [0.1, 0.15) is 22.1 Å². The van der Waals surface area contributed by atoms with E-state index in [1.807, 2.05) is 29.8 Å². The Labute approximate surface area is 174 Å². The second-order valence-electron chi connectivity index (χ2n) is 6.60. The Balaban J connectivity index is 1.33. The molecule has 0 aliphatic carbocycles. The van der Waals surface area contributed by atoms with Crippen LogP contribution in [0.2, 0.25) is 0 Å². The number of nitrogens with one attached hydrogen (secondary N) is 1. The third-order valence-corrected chi connectivity index (χ3v) is 5.44. The van der Waals surface area contributed by atoms with E-state index >= 15 is 0 Å². The van der Waals surface area contributed by atoms with Crippen molar-refractivity contribution in [2.24, 2.45) is 7.05 Å². The number of aryl methyl sites for hydroxylation is 2. The van der Waals surface area contributed by atoms with Gasteiger partial charge in [-0.05, 0) is 36.6 Å². The molecule has 11 heteroatoms. The fourth-order valence-electron chi connectivity index (χ4n) is 3.08. The lowest BCUT2D eigenvalue weighted by atomic mass is 10.2. The summed E-state index contributed by atoms with van der Waals surface area (Å²) in [5.41, 5.74) is 2.62. The minimum Gasteiger partial charge on any atom is -0.343 e. The number of amides is 1. The van der Waals surface area contributed by atoms with Gasteiger partial charge in [0.2, 0.25) is 0 Å². The van der Waals surface area contributed by atoms with Gasteiger partial charge in [0.1, 0.15) is 11.4 Å². The van der Waals surface area contributed by atoms with Gasteiger partial charge in [0.25, 0.3) is 11.8 Å². The number of pyridine rings is 1. The number of nitrogens with zero attached hydrogens (tertiary/aromatic N) is 7. The molecule has 0 saturated carbocycles. The molecule has 0 bridgehead atoms. The summed E-state index contributed by atoms with van der Waals surface area (Å²) in [5.74, 6) is 1.35. The second kappa shape index (κ2) is 7.19. The lowest BCUT2D eigenvalue weighted by molar-refractivity contribution is 0.0940. The van der Waals surface area contributed by atoms with E-state index < -0.39 is 0 Å². The van der Waals surface area contributed by atoms with Crippen molar-refractivity contribution in [2.75, 3.05) is 0 Å². The molecule has 5 rings (SSSR count). The van der Waals surface area contributed by atoms with Crippen LogP contribution in [0.5, 0.6) is 0 Å². The number of fused-ring (bicyclic) bond motifs is 1. The van der Waals surface area contributed by atoms with Gasteiger partial charge in [0.05, 0.1) is 11.4 Å². The van der Waals surface area contributed by atoms with E-state index in [9.17, 15) is 4.79 Å². The van der Waals surface area contributed by atoms with Crippen molar-refractivity contribution in [1.29, 1.82) is 0 Å². The Kier molecular flexibility index (Phi) is 4.36. The SMILES string of the molecule is Cc1noc(-c2ccn3c(CNC(=O)c4cc(-c5cccs5)nn4C)nnc3c2)n1. The van der Waals surface area contributed by atoms with E-state index in [4.69, 9.17) is 4.52 Å². The molecule has 0 fully saturated rings. The lowest BCUT2D eigenvalue weighted by Crippen LogP contribution is -2.26. The quantitative estimate of drug-likeness (QED) is 0.464. The highest BCUT2D eigenvalue weighted by molar-refractivity contribution is 7.13. The normalized spacial score (nSPS) is 11.3. The smallest absolute Gasteiger partial charge is 0.269 e. The first-order valence-corrected chi connectivity index (χ1v) is 9.97. The van der Waals surface area contributed by atoms with Gasteiger partial charge in [-0.3, -0.25) is 13.9 Å². The predicted molar refractivity (Wildman–Crippen MR) is 109 cm³/mol. The van der Waals surface area contributed by atoms with Gasteiger partial charge in [-0.25, -0.2) is 0 Å². The fourth-order valence-corrected chi connectivity index (χ4v) is 3.76. The Morgan fingerprint density at radius 2 is 2.17 bits per heavy atom. The zero-order valence-corrected chi connectivity index (χ0v) is 16.9. The summed E-state index contributed by atoms with van der Waals surface area (Å²) in [4.78, 5) is 17.9. The van der Waals surface area contributed by atoms with Crippen LogP contribution in [-0.4, -0.2) is 40.4 Å². The average Bonchev–Trinajstić information content (AvgIpc) is 3.52. The van der Waals surface area contributed by atoms with Crippen LogP contribution >= 0.6 is 11.3 Å². The van der Waals surface area contributed by atoms with Crippen molar-refractivity contribution in [2.45, 2.75) is 13.5 Å². The molecule has 0 unspecified atom stereocenters. The second-order valence-corrected chi connectivity index (χ2v) is 7.55. The van der Waals surface area contributed by atoms with E-state index in [2.05, 4.69) is 30.8 Å². The highest BCUT2D eigenvalue weighted by Gasteiger charge is 2.16. The summed E-state index contributed by atoms with van der Waals surface area (Å²) in [7, 11) is 1.75. The Morgan fingerprint density at radius 1 is 1.27 bits per heavy atom. The number of thiophene rings is 1. The molecule has 5 aromatic rings. The third-order valence-electron chi connectivity index (χ3n) is 4.55. The minimum atomic E-state index is -0.234. The van der Waals surface area contributed by atoms with Gasteiger partial charge in [0, 0.05) is 18.8 Å². The van der Waals surface area contributed by atoms with Crippen molar-refractivity contribution in [3.05, 3.63) is 59.3 Å². The zero-order chi connectivity index (χ0) is 20.7. The highest BCUT2D eigenvalue weighted by atomic mass is 32.1. The van der Waals surface area contributed by atoms with Crippen molar-refractivity contribution in [3.63, 3.8) is 0 Å². The molecule has 5 heterocycles. The van der Waals surface area contributed by atoms with Gasteiger partial charge in [-0.15, -0.1) is 21.5 Å². The van der Waals surface area contributed by atoms with Crippen molar-refractivity contribution in [1.82, 2.24) is 39.8 Å². The molecule has 0 aromatic carbocycles. The van der Waals surface area contributed by atoms with Crippen LogP contribution in [0.15, 0.2) is 46.4 Å². The summed E-state index contributed by atoms with van der Waals surface area (Å²) in [5, 5.41) is 21.4. The van der Waals surface area contributed by atoms with E-state index in [1.54, 1.807) is 46.5 Å². The number of hydrogen-bond donors (Lipinski definition) is 1. The van der Waals surface area contributed by atoms with Crippen molar-refractivity contribution in [3.8, 4) is 22.0 Å². The van der Waals surface area contributed by atoms with Gasteiger partial charge in [0.15, 0.2) is 17.3 Å². The number of hydrogen-bond acceptors (Lipinski definition) is 8. The van der Waals surface area contributed by atoms with Gasteiger partial charge >= 0.3 is 0 Å². The maximum atomic E-state index is 12.7. The molecule has 0 spiro atoms. The standard InChI is InChI=1S/C19H16N8O2S/c1-11-21-19(29-25-11)12-5-6-27-16(8-12)22-23-17(27)10-20-18(28)14-9-13(24-26(14)2)15-4-3-7-30-15/h3-9H,10H2,1-2H3,(H,20,28). The number of carbonyl (C=O) groups is 1. The predicted octanol–water partition coefficient (Wildman–Crippen LogP) is 2.48. The molecular weight excluding hydrogens is 404 g/mol. The van der Waals surface area contributed by atoms with Crippen molar-refractivity contribution >= 4 is 22.9 Å². The van der Waals surface area contributed by atoms with Crippen molar-refractivity contribution < 1.29 is 9.32 Å². The van der Waals surface area contributed by atoms with E-state index in [1.165, 1.54) is 0 Å². The number of carbonyl (C=O) groups excluding carboxylic acids is 1. The Bertz CT molecular complexity index is 1350. The van der Waals surface area contributed by atoms with Crippen LogP contribution in [0.3, 0.4) is 0 Å². The maximum Gasteiger partial charge on any atom is 0.269 e. The Hall–Kier alpha value is -3.86. The molecular formula is C19H16N8O2S.